The molecule has 33 heavy (non-hydrogen) atoms. The van der Waals surface area contributed by atoms with E-state index in [0.717, 1.165) is 50.9 Å². The minimum absolute atomic E-state index is 0.0305. The first-order valence-electron chi connectivity index (χ1n) is 12.0. The summed E-state index contributed by atoms with van der Waals surface area (Å²) >= 11 is 0. The number of amides is 2. The van der Waals surface area contributed by atoms with Gasteiger partial charge >= 0.3 is 0 Å². The maximum atomic E-state index is 13.0. The number of likely N-dealkylation sites (tertiary alicyclic amines) is 2. The first-order chi connectivity index (χ1) is 16.1. The number of hydrogen-bond donors (Lipinski definition) is 0. The number of carbonyl (C=O) groups is 2. The van der Waals surface area contributed by atoms with Gasteiger partial charge < -0.3 is 19.3 Å². The van der Waals surface area contributed by atoms with E-state index in [2.05, 4.69) is 30.3 Å². The molecule has 2 amide bonds. The van der Waals surface area contributed by atoms with Gasteiger partial charge in [0.05, 0.1) is 0 Å². The van der Waals surface area contributed by atoms with E-state index in [4.69, 9.17) is 9.47 Å². The number of benzene rings is 2. The normalized spacial score (nSPS) is 17.7. The number of ether oxygens (including phenoxy) is 2. The average molecular weight is 451 g/mol. The molecule has 6 heteroatoms. The number of hydrogen-bond acceptors (Lipinski definition) is 4. The molecule has 0 saturated carbocycles. The van der Waals surface area contributed by atoms with Crippen molar-refractivity contribution in [1.82, 2.24) is 9.80 Å². The Balaban J connectivity index is 1.22. The molecule has 2 aromatic carbocycles. The summed E-state index contributed by atoms with van der Waals surface area (Å²) in [6.45, 7) is 3.13. The van der Waals surface area contributed by atoms with Crippen LogP contribution in [0.5, 0.6) is 5.75 Å². The number of nitrogens with zero attached hydrogens (tertiary/aromatic N) is 2. The maximum Gasteiger partial charge on any atom is 0.253 e. The van der Waals surface area contributed by atoms with Crippen molar-refractivity contribution in [2.24, 2.45) is 5.92 Å². The van der Waals surface area contributed by atoms with Crippen molar-refractivity contribution in [3.8, 4) is 5.75 Å². The number of methoxy groups -OCH3 is 1. The molecular formula is C27H34N2O4. The molecule has 2 aliphatic rings. The van der Waals surface area contributed by atoms with Gasteiger partial charge in [0.1, 0.15) is 18.5 Å². The van der Waals surface area contributed by atoms with Crippen LogP contribution in [0.15, 0.2) is 54.6 Å². The molecule has 0 spiro atoms. The Morgan fingerprint density at radius 2 is 1.48 bits per heavy atom. The zero-order valence-corrected chi connectivity index (χ0v) is 19.4. The fourth-order valence-electron chi connectivity index (χ4n) is 4.78. The van der Waals surface area contributed by atoms with Gasteiger partial charge in [0.2, 0.25) is 5.91 Å². The van der Waals surface area contributed by atoms with Gasteiger partial charge in [0.15, 0.2) is 0 Å². The van der Waals surface area contributed by atoms with Crippen LogP contribution in [-0.2, 0) is 16.0 Å². The van der Waals surface area contributed by atoms with Crippen LogP contribution >= 0.6 is 0 Å². The molecule has 2 fully saturated rings. The molecular weight excluding hydrogens is 416 g/mol. The highest BCUT2D eigenvalue weighted by Gasteiger charge is 2.25. The summed E-state index contributed by atoms with van der Waals surface area (Å²) < 4.78 is 11.0. The van der Waals surface area contributed by atoms with Crippen LogP contribution in [0.3, 0.4) is 0 Å². The molecule has 0 N–H and O–H groups in total. The van der Waals surface area contributed by atoms with Crippen molar-refractivity contribution in [3.63, 3.8) is 0 Å². The summed E-state index contributed by atoms with van der Waals surface area (Å²) in [5, 5.41) is 0. The van der Waals surface area contributed by atoms with Gasteiger partial charge in [-0.3, -0.25) is 9.59 Å². The van der Waals surface area contributed by atoms with Crippen molar-refractivity contribution in [2.45, 2.75) is 38.2 Å². The van der Waals surface area contributed by atoms with Crippen molar-refractivity contribution in [1.29, 1.82) is 0 Å². The lowest BCUT2D eigenvalue weighted by Gasteiger charge is -2.32. The Labute approximate surface area is 196 Å². The van der Waals surface area contributed by atoms with E-state index in [0.29, 0.717) is 24.6 Å². The fourth-order valence-corrected chi connectivity index (χ4v) is 4.78. The van der Waals surface area contributed by atoms with Crippen LogP contribution in [0.4, 0.5) is 0 Å². The monoisotopic (exact) mass is 450 g/mol. The lowest BCUT2D eigenvalue weighted by atomic mass is 9.90. The van der Waals surface area contributed by atoms with Gasteiger partial charge in [-0.05, 0) is 55.0 Å². The lowest BCUT2D eigenvalue weighted by Crippen LogP contribution is -2.43. The van der Waals surface area contributed by atoms with Crippen molar-refractivity contribution >= 4 is 11.8 Å². The minimum atomic E-state index is 0.0305. The highest BCUT2D eigenvalue weighted by molar-refractivity contribution is 5.94. The van der Waals surface area contributed by atoms with E-state index >= 15 is 0 Å². The number of rotatable bonds is 7. The standard InChI is InChI=1S/C27H34N2O4/c1-32-20-26(30)28-17-13-25(14-18-28)33-24-9-7-23(8-10-24)27(31)29-15-11-22(12-16-29)19-21-5-3-2-4-6-21/h2-10,22,25H,11-20H2,1H3. The molecule has 2 heterocycles. The third-order valence-electron chi connectivity index (χ3n) is 6.74. The summed E-state index contributed by atoms with van der Waals surface area (Å²) in [6.07, 6.45) is 4.87. The SMILES string of the molecule is COCC(=O)N1CCC(Oc2ccc(C(=O)N3CCC(Cc4ccccc4)CC3)cc2)CC1. The predicted octanol–water partition coefficient (Wildman–Crippen LogP) is 3.80. The molecule has 0 aliphatic carbocycles. The second kappa shape index (κ2) is 11.3. The second-order valence-electron chi connectivity index (χ2n) is 9.08. The smallest absolute Gasteiger partial charge is 0.253 e. The van der Waals surface area contributed by atoms with Crippen LogP contribution in [0.2, 0.25) is 0 Å². The first kappa shape index (κ1) is 23.3. The highest BCUT2D eigenvalue weighted by atomic mass is 16.5. The molecule has 4 rings (SSSR count). The van der Waals surface area contributed by atoms with Gasteiger partial charge in [-0.1, -0.05) is 30.3 Å². The zero-order chi connectivity index (χ0) is 23.0. The van der Waals surface area contributed by atoms with E-state index in [-0.39, 0.29) is 24.5 Å². The molecule has 0 unspecified atom stereocenters. The molecule has 2 aliphatic heterocycles. The van der Waals surface area contributed by atoms with Crippen molar-refractivity contribution in [3.05, 3.63) is 65.7 Å². The average Bonchev–Trinajstić information content (AvgIpc) is 2.86. The second-order valence-corrected chi connectivity index (χ2v) is 9.08. The summed E-state index contributed by atoms with van der Waals surface area (Å²) in [5.41, 5.74) is 2.09. The summed E-state index contributed by atoms with van der Waals surface area (Å²) in [4.78, 5) is 28.7. The van der Waals surface area contributed by atoms with E-state index in [1.165, 1.54) is 12.7 Å². The molecule has 2 saturated heterocycles. The van der Waals surface area contributed by atoms with Gasteiger partial charge in [-0.25, -0.2) is 0 Å². The Hall–Kier alpha value is -2.86. The summed E-state index contributed by atoms with van der Waals surface area (Å²) in [6, 6.07) is 18.1. The van der Waals surface area contributed by atoms with E-state index in [1.807, 2.05) is 34.1 Å². The van der Waals surface area contributed by atoms with Crippen LogP contribution < -0.4 is 4.74 Å². The molecule has 6 nitrogen and oxygen atoms in total. The van der Waals surface area contributed by atoms with Gasteiger partial charge in [0.25, 0.3) is 5.91 Å². The lowest BCUT2D eigenvalue weighted by molar-refractivity contribution is -0.136. The van der Waals surface area contributed by atoms with Crippen LogP contribution in [0.25, 0.3) is 0 Å². The molecule has 0 atom stereocenters. The Morgan fingerprint density at radius 3 is 2.12 bits per heavy atom. The summed E-state index contributed by atoms with van der Waals surface area (Å²) in [5.74, 6) is 1.55. The Kier molecular flexibility index (Phi) is 8.00. The van der Waals surface area contributed by atoms with Crippen LogP contribution in [-0.4, -0.2) is 67.6 Å². The highest BCUT2D eigenvalue weighted by Crippen LogP contribution is 2.24. The third-order valence-corrected chi connectivity index (χ3v) is 6.74. The van der Waals surface area contributed by atoms with Gasteiger partial charge in [0, 0.05) is 51.7 Å². The topological polar surface area (TPSA) is 59.1 Å². The zero-order valence-electron chi connectivity index (χ0n) is 19.4. The molecule has 176 valence electrons. The van der Waals surface area contributed by atoms with Gasteiger partial charge in [-0.2, -0.15) is 0 Å². The van der Waals surface area contributed by atoms with Crippen LogP contribution in [0.1, 0.15) is 41.6 Å². The third kappa shape index (κ3) is 6.35. The first-order valence-corrected chi connectivity index (χ1v) is 12.0. The van der Waals surface area contributed by atoms with E-state index < -0.39 is 0 Å². The van der Waals surface area contributed by atoms with E-state index in [1.54, 1.807) is 0 Å². The van der Waals surface area contributed by atoms with Gasteiger partial charge in [-0.15, -0.1) is 0 Å². The Morgan fingerprint density at radius 1 is 0.848 bits per heavy atom. The number of carbonyl (C=O) groups excluding carboxylic acids is 2. The quantitative estimate of drug-likeness (QED) is 0.644. The summed E-state index contributed by atoms with van der Waals surface area (Å²) in [7, 11) is 1.54. The molecule has 2 aromatic rings. The number of piperidine rings is 2. The largest absolute Gasteiger partial charge is 0.490 e. The molecule has 0 aromatic heterocycles. The Bertz CT molecular complexity index is 899. The van der Waals surface area contributed by atoms with Crippen molar-refractivity contribution in [2.75, 3.05) is 39.9 Å². The maximum absolute atomic E-state index is 13.0. The minimum Gasteiger partial charge on any atom is -0.490 e. The predicted molar refractivity (Wildman–Crippen MR) is 127 cm³/mol. The van der Waals surface area contributed by atoms with E-state index in [9.17, 15) is 9.59 Å². The van der Waals surface area contributed by atoms with Crippen LogP contribution in [0, 0.1) is 5.92 Å². The molecule has 0 radical (unpaired) electrons. The van der Waals surface area contributed by atoms with Crippen molar-refractivity contribution < 1.29 is 19.1 Å². The molecule has 0 bridgehead atoms. The fraction of sp³-hybridized carbons (Fsp3) is 0.481.